The van der Waals surface area contributed by atoms with Gasteiger partial charge in [0.1, 0.15) is 0 Å². The molecule has 1 heterocycles. The molecule has 7 nitrogen and oxygen atoms in total. The molecule has 0 saturated carbocycles. The lowest BCUT2D eigenvalue weighted by Gasteiger charge is -2.36. The fourth-order valence-corrected chi connectivity index (χ4v) is 2.45. The third kappa shape index (κ3) is 2.40. The summed E-state index contributed by atoms with van der Waals surface area (Å²) in [4.78, 5) is 22.3. The second-order valence-corrected chi connectivity index (χ2v) is 4.77. The van der Waals surface area contributed by atoms with Crippen LogP contribution in [0.1, 0.15) is 18.4 Å². The van der Waals surface area contributed by atoms with Gasteiger partial charge >= 0.3 is 6.09 Å². The fourth-order valence-electron chi connectivity index (χ4n) is 2.45. The second-order valence-electron chi connectivity index (χ2n) is 4.77. The molecule has 104 valence electrons. The summed E-state index contributed by atoms with van der Waals surface area (Å²) in [5.74, 6) is 0. The topological polar surface area (TPSA) is 107 Å². The summed E-state index contributed by atoms with van der Waals surface area (Å²) in [6, 6.07) is 8.16. The molecule has 1 saturated heterocycles. The number of rotatable bonds is 2. The highest BCUT2D eigenvalue weighted by molar-refractivity contribution is 5.65. The fraction of sp³-hybridized carbons (Fsp3) is 0.385. The Hall–Kier alpha value is -2.62. The van der Waals surface area contributed by atoms with Crippen molar-refractivity contribution in [2.24, 2.45) is 0 Å². The van der Waals surface area contributed by atoms with E-state index in [9.17, 15) is 20.2 Å². The number of hydrogen-bond donors (Lipinski definition) is 1. The van der Waals surface area contributed by atoms with Crippen LogP contribution >= 0.6 is 0 Å². The van der Waals surface area contributed by atoms with Crippen LogP contribution in [0.2, 0.25) is 0 Å². The monoisotopic (exact) mass is 275 g/mol. The number of nitro benzene ring substituents is 1. The average Bonchev–Trinajstić information content (AvgIpc) is 2.47. The first-order chi connectivity index (χ1) is 9.48. The Kier molecular flexibility index (Phi) is 3.57. The number of benzene rings is 1. The number of nitrogens with zero attached hydrogens (tertiary/aromatic N) is 3. The van der Waals surface area contributed by atoms with Gasteiger partial charge in [0.2, 0.25) is 0 Å². The van der Waals surface area contributed by atoms with Crippen molar-refractivity contribution in [1.82, 2.24) is 4.90 Å². The van der Waals surface area contributed by atoms with Gasteiger partial charge in [-0.25, -0.2) is 4.79 Å². The third-order valence-electron chi connectivity index (χ3n) is 3.73. The van der Waals surface area contributed by atoms with Crippen molar-refractivity contribution in [1.29, 1.82) is 5.26 Å². The summed E-state index contributed by atoms with van der Waals surface area (Å²) >= 11 is 0. The number of likely N-dealkylation sites (tertiary alicyclic amines) is 1. The number of hydrogen-bond acceptors (Lipinski definition) is 4. The zero-order valence-electron chi connectivity index (χ0n) is 10.7. The first-order valence-electron chi connectivity index (χ1n) is 6.12. The number of piperidine rings is 1. The molecule has 1 fully saturated rings. The van der Waals surface area contributed by atoms with Gasteiger partial charge < -0.3 is 10.0 Å². The molecule has 20 heavy (non-hydrogen) atoms. The molecule has 1 aliphatic heterocycles. The molecule has 0 aliphatic carbocycles. The lowest BCUT2D eigenvalue weighted by Crippen LogP contribution is -2.44. The number of amides is 1. The minimum absolute atomic E-state index is 0.0233. The maximum atomic E-state index is 10.9. The highest BCUT2D eigenvalue weighted by Crippen LogP contribution is 2.35. The molecule has 0 spiro atoms. The van der Waals surface area contributed by atoms with Gasteiger partial charge in [-0.05, 0) is 18.4 Å². The maximum absolute atomic E-state index is 10.9. The number of carboxylic acid groups (broad SMARTS) is 1. The van der Waals surface area contributed by atoms with Crippen LogP contribution in [0.5, 0.6) is 0 Å². The molecule has 1 aromatic carbocycles. The van der Waals surface area contributed by atoms with E-state index >= 15 is 0 Å². The van der Waals surface area contributed by atoms with Crippen LogP contribution in [0.25, 0.3) is 0 Å². The zero-order chi connectivity index (χ0) is 14.8. The summed E-state index contributed by atoms with van der Waals surface area (Å²) in [5.41, 5.74) is -0.0818. The van der Waals surface area contributed by atoms with Crippen LogP contribution in [-0.4, -0.2) is 34.1 Å². The van der Waals surface area contributed by atoms with Gasteiger partial charge in [0.05, 0.1) is 16.4 Å². The number of carbonyl (C=O) groups is 1. The van der Waals surface area contributed by atoms with Gasteiger partial charge in [-0.1, -0.05) is 12.1 Å². The molecule has 1 aliphatic rings. The van der Waals surface area contributed by atoms with Crippen LogP contribution in [0.15, 0.2) is 24.3 Å². The molecule has 1 amide bonds. The lowest BCUT2D eigenvalue weighted by atomic mass is 9.74. The zero-order valence-corrected chi connectivity index (χ0v) is 10.7. The van der Waals surface area contributed by atoms with Crippen molar-refractivity contribution in [3.8, 4) is 6.07 Å². The number of non-ortho nitro benzene ring substituents is 1. The Morgan fingerprint density at radius 3 is 2.30 bits per heavy atom. The molecule has 0 atom stereocenters. The van der Waals surface area contributed by atoms with Gasteiger partial charge in [0, 0.05) is 25.2 Å². The molecule has 7 heteroatoms. The molecular formula is C13H13N3O4. The van der Waals surface area contributed by atoms with E-state index in [1.807, 2.05) is 0 Å². The molecule has 0 bridgehead atoms. The van der Waals surface area contributed by atoms with E-state index in [4.69, 9.17) is 5.11 Å². The normalized spacial score (nSPS) is 17.2. The Morgan fingerprint density at radius 1 is 1.35 bits per heavy atom. The van der Waals surface area contributed by atoms with Gasteiger partial charge in [0.25, 0.3) is 5.69 Å². The van der Waals surface area contributed by atoms with E-state index in [1.165, 1.54) is 17.0 Å². The summed E-state index contributed by atoms with van der Waals surface area (Å²) in [6.07, 6.45) is -0.193. The van der Waals surface area contributed by atoms with Gasteiger partial charge in [-0.3, -0.25) is 10.1 Å². The van der Waals surface area contributed by atoms with Crippen LogP contribution in [0, 0.1) is 21.4 Å². The molecule has 1 aromatic rings. The highest BCUT2D eigenvalue weighted by Gasteiger charge is 2.37. The standard InChI is InChI=1S/C13H13N3O4/c14-9-13(5-7-15(8-6-13)12(17)18)10-1-3-11(4-2-10)16(19)20/h1-4H,5-8H2,(H,17,18). The van der Waals surface area contributed by atoms with Crippen LogP contribution in [0.4, 0.5) is 10.5 Å². The van der Waals surface area contributed by atoms with Crippen molar-refractivity contribution in [2.45, 2.75) is 18.3 Å². The second kappa shape index (κ2) is 5.17. The Bertz CT molecular complexity index is 568. The van der Waals surface area contributed by atoms with Gasteiger partial charge in [-0.2, -0.15) is 5.26 Å². The van der Waals surface area contributed by atoms with Crippen molar-refractivity contribution < 1.29 is 14.8 Å². The van der Waals surface area contributed by atoms with Crippen molar-refractivity contribution in [3.63, 3.8) is 0 Å². The van der Waals surface area contributed by atoms with Gasteiger partial charge in [-0.15, -0.1) is 0 Å². The maximum Gasteiger partial charge on any atom is 0.407 e. The lowest BCUT2D eigenvalue weighted by molar-refractivity contribution is -0.384. The molecule has 0 aromatic heterocycles. The quantitative estimate of drug-likeness (QED) is 0.657. The highest BCUT2D eigenvalue weighted by atomic mass is 16.6. The van der Waals surface area contributed by atoms with E-state index in [0.29, 0.717) is 31.5 Å². The minimum Gasteiger partial charge on any atom is -0.465 e. The molecule has 0 radical (unpaired) electrons. The summed E-state index contributed by atoms with van der Waals surface area (Å²) in [7, 11) is 0. The molecule has 0 unspecified atom stereocenters. The van der Waals surface area contributed by atoms with E-state index in [-0.39, 0.29) is 5.69 Å². The Balaban J connectivity index is 2.23. The Morgan fingerprint density at radius 2 is 1.90 bits per heavy atom. The van der Waals surface area contributed by atoms with Crippen LogP contribution in [0.3, 0.4) is 0 Å². The molecule has 2 rings (SSSR count). The minimum atomic E-state index is -0.986. The van der Waals surface area contributed by atoms with Crippen molar-refractivity contribution in [2.75, 3.05) is 13.1 Å². The molecular weight excluding hydrogens is 262 g/mol. The largest absolute Gasteiger partial charge is 0.465 e. The Labute approximate surface area is 115 Å². The van der Waals surface area contributed by atoms with E-state index in [2.05, 4.69) is 6.07 Å². The van der Waals surface area contributed by atoms with E-state index in [1.54, 1.807) is 12.1 Å². The summed E-state index contributed by atoms with van der Waals surface area (Å²) in [5, 5.41) is 29.0. The van der Waals surface area contributed by atoms with Crippen molar-refractivity contribution in [3.05, 3.63) is 39.9 Å². The summed E-state index contributed by atoms with van der Waals surface area (Å²) in [6.45, 7) is 0.583. The smallest absolute Gasteiger partial charge is 0.407 e. The van der Waals surface area contributed by atoms with Crippen LogP contribution in [-0.2, 0) is 5.41 Å². The average molecular weight is 275 g/mol. The molecule has 1 N–H and O–H groups in total. The predicted octanol–water partition coefficient (Wildman–Crippen LogP) is 2.13. The van der Waals surface area contributed by atoms with Gasteiger partial charge in [0.15, 0.2) is 0 Å². The van der Waals surface area contributed by atoms with Crippen LogP contribution < -0.4 is 0 Å². The predicted molar refractivity (Wildman–Crippen MR) is 69.2 cm³/mol. The first-order valence-corrected chi connectivity index (χ1v) is 6.12. The van der Waals surface area contributed by atoms with E-state index in [0.717, 1.165) is 0 Å². The summed E-state index contributed by atoms with van der Waals surface area (Å²) < 4.78 is 0. The number of nitriles is 1. The third-order valence-corrected chi connectivity index (χ3v) is 3.73. The SMILES string of the molecule is N#CC1(c2ccc([N+](=O)[O-])cc2)CCN(C(=O)O)CC1. The first kappa shape index (κ1) is 13.8. The van der Waals surface area contributed by atoms with Crippen molar-refractivity contribution >= 4 is 11.8 Å². The van der Waals surface area contributed by atoms with E-state index < -0.39 is 16.4 Å². The number of nitro groups is 1.